The summed E-state index contributed by atoms with van der Waals surface area (Å²) in [5, 5.41) is 0. The fourth-order valence-electron chi connectivity index (χ4n) is 1.11. The normalized spacial score (nSPS) is 10.7. The van der Waals surface area contributed by atoms with E-state index < -0.39 is 0 Å². The molecule has 0 atom stereocenters. The van der Waals surface area contributed by atoms with E-state index in [1.807, 2.05) is 20.0 Å². The van der Waals surface area contributed by atoms with Crippen LogP contribution in [0.4, 0.5) is 0 Å². The first kappa shape index (κ1) is 6.34. The van der Waals surface area contributed by atoms with Crippen molar-refractivity contribution in [1.29, 1.82) is 0 Å². The third-order valence-electron chi connectivity index (χ3n) is 1.69. The molecule has 0 aliphatic rings. The summed E-state index contributed by atoms with van der Waals surface area (Å²) in [6.45, 7) is 3.95. The lowest BCUT2D eigenvalue weighted by molar-refractivity contribution is 1.17. The van der Waals surface area contributed by atoms with Gasteiger partial charge >= 0.3 is 0 Å². The van der Waals surface area contributed by atoms with Gasteiger partial charge in [0.15, 0.2) is 5.65 Å². The summed E-state index contributed by atoms with van der Waals surface area (Å²) in [7, 11) is 0. The fourth-order valence-corrected chi connectivity index (χ4v) is 1.11. The second kappa shape index (κ2) is 2.05. The Hall–Kier alpha value is -1.38. The number of nitrogens with one attached hydrogen (secondary N) is 1. The van der Waals surface area contributed by atoms with Crippen LogP contribution in [0.5, 0.6) is 0 Å². The Bertz CT molecular complexity index is 389. The van der Waals surface area contributed by atoms with Gasteiger partial charge in [0.1, 0.15) is 5.52 Å². The minimum atomic E-state index is 0.877. The Morgan fingerprint density at radius 2 is 2.18 bits per heavy atom. The standard InChI is InChI=1S/C8H9N3/c1-5-3-10-8-7(5)9-4-6(2)11-8/h3-4H,1-2H3,(H,10,11). The predicted octanol–water partition coefficient (Wildman–Crippen LogP) is 1.57. The molecule has 0 saturated heterocycles. The highest BCUT2D eigenvalue weighted by atomic mass is 14.9. The molecule has 0 fully saturated rings. The number of rotatable bonds is 0. The van der Waals surface area contributed by atoms with Crippen LogP contribution >= 0.6 is 0 Å². The topological polar surface area (TPSA) is 41.6 Å². The van der Waals surface area contributed by atoms with E-state index in [2.05, 4.69) is 15.0 Å². The summed E-state index contributed by atoms with van der Waals surface area (Å²) in [4.78, 5) is 11.6. The molecule has 2 rings (SSSR count). The third kappa shape index (κ3) is 0.888. The molecule has 3 nitrogen and oxygen atoms in total. The molecule has 0 radical (unpaired) electrons. The molecule has 2 aromatic heterocycles. The molecule has 0 aliphatic carbocycles. The van der Waals surface area contributed by atoms with Gasteiger partial charge in [0.25, 0.3) is 0 Å². The van der Waals surface area contributed by atoms with E-state index in [0.29, 0.717) is 0 Å². The maximum absolute atomic E-state index is 4.28. The number of H-pyrrole nitrogens is 1. The average Bonchev–Trinajstić information content (AvgIpc) is 2.32. The van der Waals surface area contributed by atoms with E-state index in [-0.39, 0.29) is 0 Å². The average molecular weight is 147 g/mol. The number of aromatic amines is 1. The maximum atomic E-state index is 4.28. The minimum absolute atomic E-state index is 0.877. The molecule has 0 bridgehead atoms. The molecular formula is C8H9N3. The molecule has 2 heterocycles. The van der Waals surface area contributed by atoms with Crippen molar-refractivity contribution >= 4 is 11.2 Å². The number of nitrogens with zero attached hydrogens (tertiary/aromatic N) is 2. The highest BCUT2D eigenvalue weighted by Gasteiger charge is 2.00. The molecule has 2 aromatic rings. The quantitative estimate of drug-likeness (QED) is 0.614. The van der Waals surface area contributed by atoms with Crippen LogP contribution in [0.25, 0.3) is 11.2 Å². The maximum Gasteiger partial charge on any atom is 0.156 e. The van der Waals surface area contributed by atoms with Crippen LogP contribution in [0.3, 0.4) is 0 Å². The zero-order chi connectivity index (χ0) is 7.84. The van der Waals surface area contributed by atoms with Crippen molar-refractivity contribution in [3.8, 4) is 0 Å². The lowest BCUT2D eigenvalue weighted by Gasteiger charge is -1.90. The van der Waals surface area contributed by atoms with Gasteiger partial charge in [0.2, 0.25) is 0 Å². The summed E-state index contributed by atoms with van der Waals surface area (Å²) < 4.78 is 0. The van der Waals surface area contributed by atoms with Gasteiger partial charge in [0, 0.05) is 12.4 Å². The highest BCUT2D eigenvalue weighted by Crippen LogP contribution is 2.11. The molecule has 0 amide bonds. The van der Waals surface area contributed by atoms with E-state index in [1.54, 1.807) is 6.20 Å². The summed E-state index contributed by atoms with van der Waals surface area (Å²) in [5.74, 6) is 0. The van der Waals surface area contributed by atoms with E-state index in [1.165, 1.54) is 0 Å². The highest BCUT2D eigenvalue weighted by molar-refractivity contribution is 5.74. The van der Waals surface area contributed by atoms with Crippen LogP contribution in [0.2, 0.25) is 0 Å². The van der Waals surface area contributed by atoms with E-state index >= 15 is 0 Å². The Kier molecular flexibility index (Phi) is 1.18. The molecular weight excluding hydrogens is 138 g/mol. The SMILES string of the molecule is Cc1cnc2c(C)c[nH]c2n1. The zero-order valence-corrected chi connectivity index (χ0v) is 6.55. The third-order valence-corrected chi connectivity index (χ3v) is 1.69. The molecule has 0 unspecified atom stereocenters. The molecule has 1 N–H and O–H groups in total. The van der Waals surface area contributed by atoms with Gasteiger partial charge in [0.05, 0.1) is 5.69 Å². The fraction of sp³-hybridized carbons (Fsp3) is 0.250. The zero-order valence-electron chi connectivity index (χ0n) is 6.55. The second-order valence-electron chi connectivity index (χ2n) is 2.68. The Labute approximate surface area is 64.5 Å². The van der Waals surface area contributed by atoms with Gasteiger partial charge in [-0.25, -0.2) is 4.98 Å². The van der Waals surface area contributed by atoms with Crippen molar-refractivity contribution in [2.24, 2.45) is 0 Å². The summed E-state index contributed by atoms with van der Waals surface area (Å²) in [6, 6.07) is 0. The van der Waals surface area contributed by atoms with Crippen molar-refractivity contribution < 1.29 is 0 Å². The molecule has 0 saturated carbocycles. The minimum Gasteiger partial charge on any atom is -0.345 e. The van der Waals surface area contributed by atoms with Crippen LogP contribution in [0.1, 0.15) is 11.3 Å². The van der Waals surface area contributed by atoms with Crippen LogP contribution in [0.15, 0.2) is 12.4 Å². The lowest BCUT2D eigenvalue weighted by atomic mass is 10.3. The smallest absolute Gasteiger partial charge is 0.156 e. The number of aryl methyl sites for hydroxylation is 2. The van der Waals surface area contributed by atoms with Gasteiger partial charge in [-0.05, 0) is 19.4 Å². The molecule has 56 valence electrons. The van der Waals surface area contributed by atoms with Gasteiger partial charge in [-0.15, -0.1) is 0 Å². The van der Waals surface area contributed by atoms with Crippen LogP contribution in [-0.4, -0.2) is 15.0 Å². The van der Waals surface area contributed by atoms with Crippen molar-refractivity contribution in [1.82, 2.24) is 15.0 Å². The second-order valence-corrected chi connectivity index (χ2v) is 2.68. The Morgan fingerprint density at radius 1 is 1.36 bits per heavy atom. The monoisotopic (exact) mass is 147 g/mol. The molecule has 0 spiro atoms. The summed E-state index contributed by atoms with van der Waals surface area (Å²) in [5.41, 5.74) is 3.94. The van der Waals surface area contributed by atoms with Crippen LogP contribution in [0, 0.1) is 13.8 Å². The Morgan fingerprint density at radius 3 is 3.00 bits per heavy atom. The number of hydrogen-bond donors (Lipinski definition) is 1. The molecule has 0 aromatic carbocycles. The largest absolute Gasteiger partial charge is 0.345 e. The van der Waals surface area contributed by atoms with Gasteiger partial charge < -0.3 is 4.98 Å². The van der Waals surface area contributed by atoms with Gasteiger partial charge in [-0.1, -0.05) is 0 Å². The number of hydrogen-bond acceptors (Lipinski definition) is 2. The summed E-state index contributed by atoms with van der Waals surface area (Å²) >= 11 is 0. The lowest BCUT2D eigenvalue weighted by Crippen LogP contribution is -1.84. The van der Waals surface area contributed by atoms with E-state index in [9.17, 15) is 0 Å². The summed E-state index contributed by atoms with van der Waals surface area (Å²) in [6.07, 6.45) is 3.70. The molecule has 11 heavy (non-hydrogen) atoms. The van der Waals surface area contributed by atoms with E-state index in [0.717, 1.165) is 22.4 Å². The van der Waals surface area contributed by atoms with Crippen molar-refractivity contribution in [3.63, 3.8) is 0 Å². The van der Waals surface area contributed by atoms with Gasteiger partial charge in [-0.2, -0.15) is 0 Å². The number of fused-ring (bicyclic) bond motifs is 1. The molecule has 0 aliphatic heterocycles. The predicted molar refractivity (Wildman–Crippen MR) is 43.4 cm³/mol. The first-order chi connectivity index (χ1) is 5.27. The van der Waals surface area contributed by atoms with E-state index in [4.69, 9.17) is 0 Å². The van der Waals surface area contributed by atoms with Crippen molar-refractivity contribution in [3.05, 3.63) is 23.7 Å². The molecule has 3 heteroatoms. The Balaban J connectivity index is 2.86. The van der Waals surface area contributed by atoms with Crippen LogP contribution < -0.4 is 0 Å². The number of aromatic nitrogens is 3. The van der Waals surface area contributed by atoms with Crippen molar-refractivity contribution in [2.45, 2.75) is 13.8 Å². The first-order valence-corrected chi connectivity index (χ1v) is 3.55. The van der Waals surface area contributed by atoms with Gasteiger partial charge in [-0.3, -0.25) is 4.98 Å². The van der Waals surface area contributed by atoms with Crippen molar-refractivity contribution in [2.75, 3.05) is 0 Å². The first-order valence-electron chi connectivity index (χ1n) is 3.55. The van der Waals surface area contributed by atoms with Crippen LogP contribution in [-0.2, 0) is 0 Å².